The zero-order chi connectivity index (χ0) is 15.4. The molecule has 0 radical (unpaired) electrons. The lowest BCUT2D eigenvalue weighted by molar-refractivity contribution is -0.128. The van der Waals surface area contributed by atoms with Crippen LogP contribution in [0.2, 0.25) is 5.02 Å². The molecule has 1 aromatic rings. The first-order valence-electron chi connectivity index (χ1n) is 7.82. The van der Waals surface area contributed by atoms with Crippen LogP contribution in [0.1, 0.15) is 25.7 Å². The molecule has 1 saturated carbocycles. The van der Waals surface area contributed by atoms with Crippen molar-refractivity contribution in [2.75, 3.05) is 25.0 Å². The van der Waals surface area contributed by atoms with E-state index in [2.05, 4.69) is 10.6 Å². The first-order chi connectivity index (χ1) is 10.7. The van der Waals surface area contributed by atoms with Gasteiger partial charge in [0.2, 0.25) is 0 Å². The highest BCUT2D eigenvalue weighted by atomic mass is 35.5. The number of halogens is 2. The SMILES string of the molecule is Cl.O=C(Nc1ccc(OC2CCCC2)c(Cl)c1)C1CNCCO1. The normalized spacial score (nSPS) is 21.5. The summed E-state index contributed by atoms with van der Waals surface area (Å²) in [6, 6.07) is 5.35. The maximum absolute atomic E-state index is 12.1. The lowest BCUT2D eigenvalue weighted by Crippen LogP contribution is -2.45. The fraction of sp³-hybridized carbons (Fsp3) is 0.562. The molecule has 1 aliphatic carbocycles. The van der Waals surface area contributed by atoms with Crippen molar-refractivity contribution in [1.82, 2.24) is 5.32 Å². The number of carbonyl (C=O) groups is 1. The van der Waals surface area contributed by atoms with Gasteiger partial charge < -0.3 is 20.1 Å². The van der Waals surface area contributed by atoms with E-state index in [1.54, 1.807) is 6.07 Å². The largest absolute Gasteiger partial charge is 0.489 e. The molecule has 1 amide bonds. The van der Waals surface area contributed by atoms with Gasteiger partial charge in [-0.05, 0) is 43.9 Å². The van der Waals surface area contributed by atoms with Gasteiger partial charge in [-0.1, -0.05) is 11.6 Å². The number of amides is 1. The Morgan fingerprint density at radius 1 is 1.35 bits per heavy atom. The minimum Gasteiger partial charge on any atom is -0.489 e. The van der Waals surface area contributed by atoms with Gasteiger partial charge in [-0.3, -0.25) is 4.79 Å². The van der Waals surface area contributed by atoms with E-state index in [0.717, 1.165) is 19.4 Å². The highest BCUT2D eigenvalue weighted by molar-refractivity contribution is 6.32. The molecule has 1 unspecified atom stereocenters. The Morgan fingerprint density at radius 2 is 2.13 bits per heavy atom. The van der Waals surface area contributed by atoms with Crippen molar-refractivity contribution >= 4 is 35.6 Å². The summed E-state index contributed by atoms with van der Waals surface area (Å²) < 4.78 is 11.3. The molecule has 0 bridgehead atoms. The third kappa shape index (κ3) is 4.98. The predicted octanol–water partition coefficient (Wildman–Crippen LogP) is 3.01. The Hall–Kier alpha value is -1.01. The van der Waals surface area contributed by atoms with Crippen molar-refractivity contribution in [1.29, 1.82) is 0 Å². The van der Waals surface area contributed by atoms with E-state index in [-0.39, 0.29) is 24.4 Å². The van der Waals surface area contributed by atoms with Crippen LogP contribution in [-0.2, 0) is 9.53 Å². The number of ether oxygens (including phenoxy) is 2. The van der Waals surface area contributed by atoms with Gasteiger partial charge in [-0.25, -0.2) is 0 Å². The summed E-state index contributed by atoms with van der Waals surface area (Å²) in [6.07, 6.45) is 4.40. The second-order valence-electron chi connectivity index (χ2n) is 5.72. The van der Waals surface area contributed by atoms with E-state index in [0.29, 0.717) is 29.6 Å². The maximum Gasteiger partial charge on any atom is 0.254 e. The molecule has 1 heterocycles. The maximum atomic E-state index is 12.1. The van der Waals surface area contributed by atoms with Gasteiger partial charge in [-0.15, -0.1) is 12.4 Å². The summed E-state index contributed by atoms with van der Waals surface area (Å²) in [5.41, 5.74) is 0.656. The second kappa shape index (κ2) is 8.73. The van der Waals surface area contributed by atoms with E-state index in [1.807, 2.05) is 12.1 Å². The molecule has 2 aliphatic rings. The van der Waals surface area contributed by atoms with E-state index in [4.69, 9.17) is 21.1 Å². The summed E-state index contributed by atoms with van der Waals surface area (Å²) in [4.78, 5) is 12.1. The molecule has 2 fully saturated rings. The summed E-state index contributed by atoms with van der Waals surface area (Å²) in [7, 11) is 0. The van der Waals surface area contributed by atoms with Crippen molar-refractivity contribution in [3.8, 4) is 5.75 Å². The molecule has 3 rings (SSSR count). The molecule has 0 spiro atoms. The predicted molar refractivity (Wildman–Crippen MR) is 92.8 cm³/mol. The molecule has 1 aliphatic heterocycles. The molecule has 7 heteroatoms. The molecular weight excluding hydrogens is 339 g/mol. The number of hydrogen-bond acceptors (Lipinski definition) is 4. The minimum absolute atomic E-state index is 0. The number of hydrogen-bond donors (Lipinski definition) is 2. The Bertz CT molecular complexity index is 530. The monoisotopic (exact) mass is 360 g/mol. The van der Waals surface area contributed by atoms with Gasteiger partial charge in [-0.2, -0.15) is 0 Å². The zero-order valence-electron chi connectivity index (χ0n) is 12.8. The van der Waals surface area contributed by atoms with Gasteiger partial charge in [0.05, 0.1) is 17.7 Å². The van der Waals surface area contributed by atoms with Crippen LogP contribution in [0.15, 0.2) is 18.2 Å². The molecule has 0 aromatic heterocycles. The van der Waals surface area contributed by atoms with Crippen LogP contribution in [0.25, 0.3) is 0 Å². The van der Waals surface area contributed by atoms with Crippen LogP contribution >= 0.6 is 24.0 Å². The van der Waals surface area contributed by atoms with E-state index in [9.17, 15) is 4.79 Å². The second-order valence-corrected chi connectivity index (χ2v) is 6.13. The van der Waals surface area contributed by atoms with Gasteiger partial charge in [0.25, 0.3) is 5.91 Å². The Balaban J connectivity index is 0.00000192. The third-order valence-electron chi connectivity index (χ3n) is 4.02. The molecule has 1 atom stereocenters. The number of carbonyl (C=O) groups excluding carboxylic acids is 1. The molecular formula is C16H22Cl2N2O3. The van der Waals surface area contributed by atoms with Gasteiger partial charge >= 0.3 is 0 Å². The van der Waals surface area contributed by atoms with Crippen molar-refractivity contribution in [3.63, 3.8) is 0 Å². The lowest BCUT2D eigenvalue weighted by Gasteiger charge is -2.23. The smallest absolute Gasteiger partial charge is 0.254 e. The number of anilines is 1. The highest BCUT2D eigenvalue weighted by Gasteiger charge is 2.22. The number of rotatable bonds is 4. The summed E-state index contributed by atoms with van der Waals surface area (Å²) >= 11 is 6.26. The van der Waals surface area contributed by atoms with Gasteiger partial charge in [0, 0.05) is 18.8 Å². The third-order valence-corrected chi connectivity index (χ3v) is 4.31. The number of benzene rings is 1. The standard InChI is InChI=1S/C16H21ClN2O3.ClH/c17-13-9-11(19-16(20)15-10-18-7-8-21-15)5-6-14(13)22-12-3-1-2-4-12;/h5-6,9,12,15,18H,1-4,7-8,10H2,(H,19,20);1H. The van der Waals surface area contributed by atoms with E-state index < -0.39 is 6.10 Å². The fourth-order valence-electron chi connectivity index (χ4n) is 2.82. The molecule has 1 saturated heterocycles. The average molecular weight is 361 g/mol. The van der Waals surface area contributed by atoms with Crippen molar-refractivity contribution in [3.05, 3.63) is 23.2 Å². The summed E-state index contributed by atoms with van der Waals surface area (Å²) in [5.74, 6) is 0.523. The van der Waals surface area contributed by atoms with Crippen molar-refractivity contribution < 1.29 is 14.3 Å². The highest BCUT2D eigenvalue weighted by Crippen LogP contribution is 2.31. The topological polar surface area (TPSA) is 59.6 Å². The number of nitrogens with one attached hydrogen (secondary N) is 2. The molecule has 128 valence electrons. The molecule has 1 aromatic carbocycles. The Labute approximate surface area is 147 Å². The Kier molecular flexibility index (Phi) is 6.96. The quantitative estimate of drug-likeness (QED) is 0.866. The first-order valence-corrected chi connectivity index (χ1v) is 8.19. The van der Waals surface area contributed by atoms with E-state index >= 15 is 0 Å². The number of morpholine rings is 1. The molecule has 2 N–H and O–H groups in total. The van der Waals surface area contributed by atoms with Crippen molar-refractivity contribution in [2.45, 2.75) is 37.9 Å². The fourth-order valence-corrected chi connectivity index (χ4v) is 3.04. The first kappa shape index (κ1) is 18.3. The summed E-state index contributed by atoms with van der Waals surface area (Å²) in [6.45, 7) is 1.86. The van der Waals surface area contributed by atoms with Crippen LogP contribution in [-0.4, -0.2) is 37.8 Å². The van der Waals surface area contributed by atoms with Gasteiger partial charge in [0.1, 0.15) is 11.9 Å². The van der Waals surface area contributed by atoms with Crippen LogP contribution < -0.4 is 15.4 Å². The van der Waals surface area contributed by atoms with Crippen molar-refractivity contribution in [2.24, 2.45) is 0 Å². The lowest BCUT2D eigenvalue weighted by atomic mass is 10.2. The minimum atomic E-state index is -0.457. The molecule has 23 heavy (non-hydrogen) atoms. The summed E-state index contributed by atoms with van der Waals surface area (Å²) in [5, 5.41) is 6.48. The average Bonchev–Trinajstić information content (AvgIpc) is 3.04. The zero-order valence-corrected chi connectivity index (χ0v) is 14.4. The van der Waals surface area contributed by atoms with Crippen LogP contribution in [0.3, 0.4) is 0 Å². The Morgan fingerprint density at radius 3 is 2.78 bits per heavy atom. The molecule has 5 nitrogen and oxygen atoms in total. The van der Waals surface area contributed by atoms with Crippen LogP contribution in [0.4, 0.5) is 5.69 Å². The van der Waals surface area contributed by atoms with Crippen LogP contribution in [0.5, 0.6) is 5.75 Å². The van der Waals surface area contributed by atoms with Gasteiger partial charge in [0.15, 0.2) is 0 Å². The van der Waals surface area contributed by atoms with Crippen LogP contribution in [0, 0.1) is 0 Å². The van der Waals surface area contributed by atoms with E-state index in [1.165, 1.54) is 12.8 Å².